The van der Waals surface area contributed by atoms with Gasteiger partial charge in [0.25, 0.3) is 0 Å². The number of aromatic nitrogens is 1. The van der Waals surface area contributed by atoms with E-state index in [4.69, 9.17) is 0 Å². The Morgan fingerprint density at radius 3 is 2.33 bits per heavy atom. The number of halogens is 2. The topological polar surface area (TPSA) is 34.1 Å². The van der Waals surface area contributed by atoms with Crippen LogP contribution in [0.3, 0.4) is 0 Å². The fourth-order valence-corrected chi connectivity index (χ4v) is 2.38. The predicted octanol–water partition coefficient (Wildman–Crippen LogP) is 3.75. The lowest BCUT2D eigenvalue weighted by atomic mass is 9.91. The quantitative estimate of drug-likeness (QED) is 0.880. The van der Waals surface area contributed by atoms with Crippen LogP contribution in [0.2, 0.25) is 0 Å². The maximum atomic E-state index is 12.2. The maximum Gasteiger partial charge on any atom is 0.387 e. The summed E-state index contributed by atoms with van der Waals surface area (Å²) in [6.45, 7) is -0.726. The van der Waals surface area contributed by atoms with Gasteiger partial charge in [-0.15, -0.1) is 0 Å². The highest BCUT2D eigenvalue weighted by molar-refractivity contribution is 5.31. The van der Waals surface area contributed by atoms with E-state index in [0.717, 1.165) is 11.3 Å². The molecule has 0 spiro atoms. The van der Waals surface area contributed by atoms with Crippen LogP contribution >= 0.6 is 0 Å². The van der Waals surface area contributed by atoms with E-state index in [0.29, 0.717) is 0 Å². The molecule has 3 nitrogen and oxygen atoms in total. The van der Waals surface area contributed by atoms with Crippen molar-refractivity contribution in [2.75, 3.05) is 7.05 Å². The molecule has 0 saturated heterocycles. The number of likely N-dealkylation sites (N-methyl/N-ethyl adjacent to an activating group) is 1. The molecule has 2 atom stereocenters. The number of nitrogens with one attached hydrogen (secondary N) is 1. The summed E-state index contributed by atoms with van der Waals surface area (Å²) in [6.07, 6.45) is 1.76. The van der Waals surface area contributed by atoms with Crippen molar-refractivity contribution in [1.82, 2.24) is 10.3 Å². The van der Waals surface area contributed by atoms with Gasteiger partial charge in [0.2, 0.25) is 0 Å². The summed E-state index contributed by atoms with van der Waals surface area (Å²) in [5, 5.41) is 3.25. The molecule has 0 bridgehead atoms. The van der Waals surface area contributed by atoms with Crippen molar-refractivity contribution in [1.29, 1.82) is 0 Å². The van der Waals surface area contributed by atoms with Gasteiger partial charge in [-0.2, -0.15) is 8.78 Å². The number of hydrogen-bond acceptors (Lipinski definition) is 3. The monoisotopic (exact) mass is 292 g/mol. The second-order valence-electron chi connectivity index (χ2n) is 4.76. The zero-order valence-corrected chi connectivity index (χ0v) is 12.0. The van der Waals surface area contributed by atoms with E-state index in [1.807, 2.05) is 25.2 Å². The first kappa shape index (κ1) is 15.4. The minimum atomic E-state index is -2.80. The molecule has 2 aromatic rings. The molecule has 2 unspecified atom stereocenters. The first-order valence-corrected chi connectivity index (χ1v) is 6.74. The summed E-state index contributed by atoms with van der Waals surface area (Å²) < 4.78 is 28.7. The SMILES string of the molecule is CNC(c1ccc(OC(F)F)cc1)C(C)c1ccccn1. The van der Waals surface area contributed by atoms with Crippen LogP contribution in [0.1, 0.15) is 30.1 Å². The first-order valence-electron chi connectivity index (χ1n) is 6.74. The molecular formula is C16H18F2N2O. The molecule has 1 aromatic carbocycles. The Kier molecular flexibility index (Phi) is 5.22. The van der Waals surface area contributed by atoms with E-state index in [1.165, 1.54) is 0 Å². The average Bonchev–Trinajstić information content (AvgIpc) is 2.50. The summed E-state index contributed by atoms with van der Waals surface area (Å²) >= 11 is 0. The Morgan fingerprint density at radius 2 is 1.81 bits per heavy atom. The van der Waals surface area contributed by atoms with Crippen LogP contribution in [0.5, 0.6) is 5.75 Å². The smallest absolute Gasteiger partial charge is 0.387 e. The number of hydrogen-bond donors (Lipinski definition) is 1. The molecule has 1 N–H and O–H groups in total. The molecule has 21 heavy (non-hydrogen) atoms. The third-order valence-corrected chi connectivity index (χ3v) is 3.43. The van der Waals surface area contributed by atoms with E-state index in [-0.39, 0.29) is 17.7 Å². The van der Waals surface area contributed by atoms with Crippen molar-refractivity contribution in [3.63, 3.8) is 0 Å². The van der Waals surface area contributed by atoms with Crippen LogP contribution in [0.25, 0.3) is 0 Å². The fourth-order valence-electron chi connectivity index (χ4n) is 2.38. The van der Waals surface area contributed by atoms with E-state index in [9.17, 15) is 8.78 Å². The standard InChI is InChI=1S/C16H18F2N2O/c1-11(14-5-3-4-10-20-14)15(19-2)12-6-8-13(9-7-12)21-16(17)18/h3-11,15-16,19H,1-2H3. The van der Waals surface area contributed by atoms with Crippen molar-refractivity contribution in [2.45, 2.75) is 25.5 Å². The number of ether oxygens (including phenoxy) is 1. The molecule has 0 aliphatic heterocycles. The van der Waals surface area contributed by atoms with Gasteiger partial charge in [0, 0.05) is 23.9 Å². The molecular weight excluding hydrogens is 274 g/mol. The molecule has 1 heterocycles. The van der Waals surface area contributed by atoms with Gasteiger partial charge in [-0.05, 0) is 36.9 Å². The van der Waals surface area contributed by atoms with E-state index >= 15 is 0 Å². The lowest BCUT2D eigenvalue weighted by Crippen LogP contribution is -2.22. The normalized spacial score (nSPS) is 14.0. The van der Waals surface area contributed by atoms with Crippen LogP contribution < -0.4 is 10.1 Å². The predicted molar refractivity (Wildman–Crippen MR) is 77.5 cm³/mol. The Morgan fingerprint density at radius 1 is 1.10 bits per heavy atom. The molecule has 1 aromatic heterocycles. The third kappa shape index (κ3) is 3.98. The molecule has 0 aliphatic carbocycles. The van der Waals surface area contributed by atoms with Gasteiger partial charge in [0.05, 0.1) is 0 Å². The van der Waals surface area contributed by atoms with Gasteiger partial charge in [-0.25, -0.2) is 0 Å². The molecule has 5 heteroatoms. The zero-order valence-electron chi connectivity index (χ0n) is 12.0. The van der Waals surface area contributed by atoms with Crippen molar-refractivity contribution >= 4 is 0 Å². The molecule has 0 radical (unpaired) electrons. The van der Waals surface area contributed by atoms with Crippen molar-refractivity contribution in [3.05, 3.63) is 59.9 Å². The number of benzene rings is 1. The highest BCUT2D eigenvalue weighted by atomic mass is 19.3. The lowest BCUT2D eigenvalue weighted by Gasteiger charge is -2.24. The zero-order chi connectivity index (χ0) is 15.2. The Balaban J connectivity index is 2.17. The molecule has 0 aliphatic rings. The largest absolute Gasteiger partial charge is 0.435 e. The average molecular weight is 292 g/mol. The number of nitrogens with zero attached hydrogens (tertiary/aromatic N) is 1. The summed E-state index contributed by atoms with van der Waals surface area (Å²) in [5.41, 5.74) is 1.97. The Bertz CT molecular complexity index is 546. The van der Waals surface area contributed by atoms with Gasteiger partial charge >= 0.3 is 6.61 Å². The minimum absolute atomic E-state index is 0.0421. The van der Waals surface area contributed by atoms with Crippen LogP contribution in [0.4, 0.5) is 8.78 Å². The van der Waals surface area contributed by atoms with E-state index < -0.39 is 6.61 Å². The second-order valence-corrected chi connectivity index (χ2v) is 4.76. The van der Waals surface area contributed by atoms with Crippen molar-refractivity contribution in [3.8, 4) is 5.75 Å². The highest BCUT2D eigenvalue weighted by Gasteiger charge is 2.20. The van der Waals surface area contributed by atoms with Crippen molar-refractivity contribution < 1.29 is 13.5 Å². The van der Waals surface area contributed by atoms with Gasteiger partial charge in [-0.3, -0.25) is 4.98 Å². The van der Waals surface area contributed by atoms with Crippen LogP contribution in [-0.4, -0.2) is 18.6 Å². The summed E-state index contributed by atoms with van der Waals surface area (Å²) in [7, 11) is 1.87. The second kappa shape index (κ2) is 7.13. The van der Waals surface area contributed by atoms with Crippen LogP contribution in [0.15, 0.2) is 48.7 Å². The summed E-state index contributed by atoms with van der Waals surface area (Å²) in [6, 6.07) is 12.5. The van der Waals surface area contributed by atoms with Crippen LogP contribution in [0, 0.1) is 0 Å². The summed E-state index contributed by atoms with van der Waals surface area (Å²) in [4.78, 5) is 4.37. The fraction of sp³-hybridized carbons (Fsp3) is 0.312. The van der Waals surface area contributed by atoms with Gasteiger partial charge < -0.3 is 10.1 Å². The van der Waals surface area contributed by atoms with Crippen molar-refractivity contribution in [2.24, 2.45) is 0 Å². The van der Waals surface area contributed by atoms with Crippen LogP contribution in [-0.2, 0) is 0 Å². The lowest BCUT2D eigenvalue weighted by molar-refractivity contribution is -0.0498. The highest BCUT2D eigenvalue weighted by Crippen LogP contribution is 2.30. The molecule has 0 saturated carbocycles. The van der Waals surface area contributed by atoms with Gasteiger partial charge in [0.15, 0.2) is 0 Å². The number of rotatable bonds is 6. The van der Waals surface area contributed by atoms with Gasteiger partial charge in [0.1, 0.15) is 5.75 Å². The number of alkyl halides is 2. The van der Waals surface area contributed by atoms with E-state index in [1.54, 1.807) is 30.5 Å². The van der Waals surface area contributed by atoms with Gasteiger partial charge in [-0.1, -0.05) is 25.1 Å². The first-order chi connectivity index (χ1) is 10.1. The molecule has 0 amide bonds. The molecule has 0 fully saturated rings. The minimum Gasteiger partial charge on any atom is -0.435 e. The molecule has 112 valence electrons. The summed E-state index contributed by atoms with van der Waals surface area (Å²) in [5.74, 6) is 0.312. The Labute approximate surface area is 123 Å². The maximum absolute atomic E-state index is 12.2. The molecule has 2 rings (SSSR count). The third-order valence-electron chi connectivity index (χ3n) is 3.43. The number of pyridine rings is 1. The van der Waals surface area contributed by atoms with E-state index in [2.05, 4.69) is 22.0 Å². The Hall–Kier alpha value is -2.01.